The van der Waals surface area contributed by atoms with Crippen LogP contribution in [-0.2, 0) is 0 Å². The summed E-state index contributed by atoms with van der Waals surface area (Å²) in [5.41, 5.74) is 0.243. The first-order chi connectivity index (χ1) is 7.24. The first-order valence-corrected chi connectivity index (χ1v) is 4.85. The summed E-state index contributed by atoms with van der Waals surface area (Å²) < 4.78 is 5.35. The Bertz CT molecular complexity index is 356. The monoisotopic (exact) mass is 206 g/mol. The molecule has 0 amide bonds. The fourth-order valence-corrected chi connectivity index (χ4v) is 1.10. The summed E-state index contributed by atoms with van der Waals surface area (Å²) in [4.78, 5) is 10.7. The van der Waals surface area contributed by atoms with Crippen molar-refractivity contribution in [2.24, 2.45) is 0 Å². The molecule has 3 heteroatoms. The standard InChI is InChI=1S/C12H14O3/c1-2-3-4-8-15-11-7-5-6-10(9-11)12(13)14/h3-7,9H,2,8H2,1H3,(H,13,14). The highest BCUT2D eigenvalue weighted by atomic mass is 16.5. The van der Waals surface area contributed by atoms with Gasteiger partial charge in [0, 0.05) is 0 Å². The van der Waals surface area contributed by atoms with Gasteiger partial charge in [-0.05, 0) is 24.6 Å². The molecule has 0 bridgehead atoms. The van der Waals surface area contributed by atoms with Crippen LogP contribution in [0.3, 0.4) is 0 Å². The zero-order valence-corrected chi connectivity index (χ0v) is 8.64. The Morgan fingerprint density at radius 3 is 2.93 bits per heavy atom. The molecule has 0 radical (unpaired) electrons. The number of hydrogen-bond acceptors (Lipinski definition) is 2. The van der Waals surface area contributed by atoms with Crippen LogP contribution >= 0.6 is 0 Å². The maximum Gasteiger partial charge on any atom is 0.335 e. The summed E-state index contributed by atoms with van der Waals surface area (Å²) >= 11 is 0. The molecule has 0 unspecified atom stereocenters. The van der Waals surface area contributed by atoms with Gasteiger partial charge in [-0.15, -0.1) is 0 Å². The molecule has 0 spiro atoms. The number of carboxylic acid groups (broad SMARTS) is 1. The second-order valence-corrected chi connectivity index (χ2v) is 3.02. The molecule has 0 aliphatic heterocycles. The van der Waals surface area contributed by atoms with Gasteiger partial charge in [-0.25, -0.2) is 4.79 Å². The van der Waals surface area contributed by atoms with Crippen molar-refractivity contribution in [2.45, 2.75) is 13.3 Å². The van der Waals surface area contributed by atoms with E-state index < -0.39 is 5.97 Å². The Morgan fingerprint density at radius 1 is 1.47 bits per heavy atom. The quantitative estimate of drug-likeness (QED) is 0.753. The van der Waals surface area contributed by atoms with Crippen molar-refractivity contribution in [3.05, 3.63) is 42.0 Å². The van der Waals surface area contributed by atoms with Crippen LogP contribution in [0.2, 0.25) is 0 Å². The van der Waals surface area contributed by atoms with Crippen molar-refractivity contribution in [1.82, 2.24) is 0 Å². The van der Waals surface area contributed by atoms with E-state index in [0.717, 1.165) is 6.42 Å². The molecule has 1 aromatic carbocycles. The van der Waals surface area contributed by atoms with Gasteiger partial charge in [0.25, 0.3) is 0 Å². The summed E-state index contributed by atoms with van der Waals surface area (Å²) in [6.45, 7) is 2.51. The third-order valence-corrected chi connectivity index (χ3v) is 1.83. The molecule has 0 fully saturated rings. The van der Waals surface area contributed by atoms with Crippen LogP contribution in [0.4, 0.5) is 0 Å². The maximum atomic E-state index is 10.7. The molecule has 1 aromatic rings. The van der Waals surface area contributed by atoms with E-state index in [1.807, 2.05) is 19.1 Å². The highest BCUT2D eigenvalue weighted by molar-refractivity contribution is 5.87. The summed E-state index contributed by atoms with van der Waals surface area (Å²) in [7, 11) is 0. The summed E-state index contributed by atoms with van der Waals surface area (Å²) in [6, 6.07) is 6.47. The normalized spacial score (nSPS) is 10.5. The van der Waals surface area contributed by atoms with Crippen molar-refractivity contribution < 1.29 is 14.6 Å². The highest BCUT2D eigenvalue weighted by Gasteiger charge is 2.02. The Morgan fingerprint density at radius 2 is 2.27 bits per heavy atom. The van der Waals surface area contributed by atoms with Gasteiger partial charge in [0.1, 0.15) is 12.4 Å². The van der Waals surface area contributed by atoms with E-state index in [-0.39, 0.29) is 5.56 Å². The van der Waals surface area contributed by atoms with Crippen LogP contribution in [0.25, 0.3) is 0 Å². The molecule has 0 saturated heterocycles. The molecule has 0 heterocycles. The largest absolute Gasteiger partial charge is 0.490 e. The van der Waals surface area contributed by atoms with Crippen molar-refractivity contribution in [1.29, 1.82) is 0 Å². The van der Waals surface area contributed by atoms with Crippen molar-refractivity contribution in [3.8, 4) is 5.75 Å². The van der Waals surface area contributed by atoms with Gasteiger partial charge in [0.15, 0.2) is 0 Å². The second-order valence-electron chi connectivity index (χ2n) is 3.02. The Kier molecular flexibility index (Phi) is 4.41. The van der Waals surface area contributed by atoms with Crippen LogP contribution in [-0.4, -0.2) is 17.7 Å². The second kappa shape index (κ2) is 5.86. The summed E-state index contributed by atoms with van der Waals surface area (Å²) in [5, 5.41) is 8.75. The van der Waals surface area contributed by atoms with E-state index in [9.17, 15) is 4.79 Å². The van der Waals surface area contributed by atoms with Crippen LogP contribution in [0.15, 0.2) is 36.4 Å². The predicted octanol–water partition coefficient (Wildman–Crippen LogP) is 2.73. The van der Waals surface area contributed by atoms with Crippen LogP contribution in [0.5, 0.6) is 5.75 Å². The first kappa shape index (κ1) is 11.3. The molecule has 0 aromatic heterocycles. The molecule has 1 N–H and O–H groups in total. The van der Waals surface area contributed by atoms with E-state index in [0.29, 0.717) is 12.4 Å². The minimum atomic E-state index is -0.940. The third kappa shape index (κ3) is 3.85. The smallest absolute Gasteiger partial charge is 0.335 e. The lowest BCUT2D eigenvalue weighted by Gasteiger charge is -2.03. The lowest BCUT2D eigenvalue weighted by Crippen LogP contribution is -1.98. The number of benzene rings is 1. The van der Waals surface area contributed by atoms with Crippen LogP contribution in [0.1, 0.15) is 23.7 Å². The average molecular weight is 206 g/mol. The molecule has 0 atom stereocenters. The van der Waals surface area contributed by atoms with Crippen molar-refractivity contribution in [2.75, 3.05) is 6.61 Å². The molecule has 0 aliphatic rings. The van der Waals surface area contributed by atoms with Gasteiger partial charge >= 0.3 is 5.97 Å². The molecular weight excluding hydrogens is 192 g/mol. The predicted molar refractivity (Wildman–Crippen MR) is 58.3 cm³/mol. The van der Waals surface area contributed by atoms with Crippen LogP contribution in [0, 0.1) is 0 Å². The number of rotatable bonds is 5. The molecular formula is C12H14O3. The van der Waals surface area contributed by atoms with Gasteiger partial charge in [-0.2, -0.15) is 0 Å². The van der Waals surface area contributed by atoms with Crippen molar-refractivity contribution >= 4 is 5.97 Å². The number of ether oxygens (including phenoxy) is 1. The molecule has 0 aliphatic carbocycles. The number of hydrogen-bond donors (Lipinski definition) is 1. The molecule has 3 nitrogen and oxygen atoms in total. The van der Waals surface area contributed by atoms with E-state index in [1.54, 1.807) is 12.1 Å². The lowest BCUT2D eigenvalue weighted by molar-refractivity contribution is 0.0696. The van der Waals surface area contributed by atoms with Gasteiger partial charge in [-0.1, -0.05) is 25.1 Å². The van der Waals surface area contributed by atoms with E-state index in [1.165, 1.54) is 12.1 Å². The lowest BCUT2D eigenvalue weighted by atomic mass is 10.2. The van der Waals surface area contributed by atoms with Gasteiger partial charge in [-0.3, -0.25) is 0 Å². The first-order valence-electron chi connectivity index (χ1n) is 4.85. The fraction of sp³-hybridized carbons (Fsp3) is 0.250. The SMILES string of the molecule is CCC=CCOc1cccc(C(=O)O)c1. The number of carboxylic acids is 1. The van der Waals surface area contributed by atoms with E-state index >= 15 is 0 Å². The summed E-state index contributed by atoms with van der Waals surface area (Å²) in [6.07, 6.45) is 4.88. The summed E-state index contributed by atoms with van der Waals surface area (Å²) in [5.74, 6) is -0.361. The van der Waals surface area contributed by atoms with Gasteiger partial charge in [0.2, 0.25) is 0 Å². The number of allylic oxidation sites excluding steroid dienone is 1. The molecule has 15 heavy (non-hydrogen) atoms. The maximum absolute atomic E-state index is 10.7. The van der Waals surface area contributed by atoms with Gasteiger partial charge in [0.05, 0.1) is 5.56 Å². The topological polar surface area (TPSA) is 46.5 Å². The van der Waals surface area contributed by atoms with E-state index in [4.69, 9.17) is 9.84 Å². The van der Waals surface area contributed by atoms with E-state index in [2.05, 4.69) is 0 Å². The zero-order chi connectivity index (χ0) is 11.1. The molecule has 0 saturated carbocycles. The third-order valence-electron chi connectivity index (χ3n) is 1.83. The fourth-order valence-electron chi connectivity index (χ4n) is 1.10. The highest BCUT2D eigenvalue weighted by Crippen LogP contribution is 2.13. The number of carbonyl (C=O) groups is 1. The minimum absolute atomic E-state index is 0.243. The Labute approximate surface area is 89.0 Å². The van der Waals surface area contributed by atoms with Gasteiger partial charge < -0.3 is 9.84 Å². The molecule has 1 rings (SSSR count). The Balaban J connectivity index is 2.58. The number of aromatic carboxylic acids is 1. The van der Waals surface area contributed by atoms with Crippen LogP contribution < -0.4 is 4.74 Å². The molecule has 80 valence electrons. The minimum Gasteiger partial charge on any atom is -0.490 e. The Hall–Kier alpha value is -1.77. The zero-order valence-electron chi connectivity index (χ0n) is 8.64. The average Bonchev–Trinajstić information content (AvgIpc) is 2.25. The van der Waals surface area contributed by atoms with Crippen molar-refractivity contribution in [3.63, 3.8) is 0 Å².